The maximum absolute atomic E-state index is 12.4. The van der Waals surface area contributed by atoms with Crippen LogP contribution in [0.1, 0.15) is 17.5 Å². The average Bonchev–Trinajstić information content (AvgIpc) is 3.17. The number of para-hydroxylation sites is 1. The van der Waals surface area contributed by atoms with Crippen molar-refractivity contribution in [1.82, 2.24) is 19.9 Å². The van der Waals surface area contributed by atoms with Crippen molar-refractivity contribution in [1.29, 1.82) is 0 Å². The normalized spacial score (nSPS) is 11.3. The van der Waals surface area contributed by atoms with Gasteiger partial charge in [-0.2, -0.15) is 4.98 Å². The molecule has 9 nitrogen and oxygen atoms in total. The number of rotatable bonds is 8. The van der Waals surface area contributed by atoms with Gasteiger partial charge in [0.15, 0.2) is 5.82 Å². The molecular weight excluding hydrogens is 406 g/mol. The van der Waals surface area contributed by atoms with E-state index in [2.05, 4.69) is 25.2 Å². The molecule has 0 saturated heterocycles. The molecule has 0 radical (unpaired) electrons. The predicted molar refractivity (Wildman–Crippen MR) is 113 cm³/mol. The molecule has 0 saturated carbocycles. The van der Waals surface area contributed by atoms with Crippen LogP contribution in [0.5, 0.6) is 5.75 Å². The molecule has 3 N–H and O–H groups in total. The van der Waals surface area contributed by atoms with E-state index >= 15 is 0 Å². The number of hydrogen-bond donors (Lipinski definition) is 3. The van der Waals surface area contributed by atoms with Crippen molar-refractivity contribution < 1.29 is 17.9 Å². The Kier molecular flexibility index (Phi) is 6.48. The molecule has 0 aliphatic rings. The van der Waals surface area contributed by atoms with Crippen LogP contribution in [0.15, 0.2) is 47.4 Å². The van der Waals surface area contributed by atoms with Gasteiger partial charge in [0.25, 0.3) is 0 Å². The van der Waals surface area contributed by atoms with E-state index in [1.165, 1.54) is 6.07 Å². The van der Waals surface area contributed by atoms with Gasteiger partial charge in [-0.05, 0) is 49.2 Å². The molecule has 3 aromatic rings. The first kappa shape index (κ1) is 21.5. The first-order chi connectivity index (χ1) is 14.3. The summed E-state index contributed by atoms with van der Waals surface area (Å²) in [7, 11) is -2.14. The molecule has 1 aromatic heterocycles. The Hall–Kier alpha value is -3.24. The Labute approximate surface area is 174 Å². The number of aromatic amines is 1. The van der Waals surface area contributed by atoms with Gasteiger partial charge in [-0.3, -0.25) is 15.2 Å². The smallest absolute Gasteiger partial charge is 0.249 e. The number of carbonyl (C=O) groups excluding carboxylic acids is 1. The van der Waals surface area contributed by atoms with Gasteiger partial charge >= 0.3 is 0 Å². The van der Waals surface area contributed by atoms with Crippen molar-refractivity contribution in [2.24, 2.45) is 0 Å². The fourth-order valence-electron chi connectivity index (χ4n) is 2.73. The highest BCUT2D eigenvalue weighted by Gasteiger charge is 2.16. The van der Waals surface area contributed by atoms with E-state index in [4.69, 9.17) is 4.74 Å². The zero-order valence-electron chi connectivity index (χ0n) is 16.9. The van der Waals surface area contributed by atoms with Crippen molar-refractivity contribution in [3.63, 3.8) is 0 Å². The standard InChI is InChI=1S/C20H23N5O4S/c1-13-8-9-15(12-14(13)2)30(27,28)21-11-10-18(26)22-20-23-19(24-25-20)16-6-4-5-7-17(16)29-3/h4-9,12,21H,10-11H2,1-3H3,(H2,22,23,24,25,26). The zero-order chi connectivity index (χ0) is 21.7. The van der Waals surface area contributed by atoms with E-state index in [0.717, 1.165) is 11.1 Å². The number of nitrogens with zero attached hydrogens (tertiary/aromatic N) is 2. The minimum atomic E-state index is -3.69. The Morgan fingerprint density at radius 3 is 2.63 bits per heavy atom. The molecule has 1 heterocycles. The lowest BCUT2D eigenvalue weighted by molar-refractivity contribution is -0.116. The van der Waals surface area contributed by atoms with Gasteiger partial charge in [0.05, 0.1) is 17.6 Å². The fraction of sp³-hybridized carbons (Fsp3) is 0.250. The SMILES string of the molecule is COc1ccccc1-c1nc(NC(=O)CCNS(=O)(=O)c2ccc(C)c(C)c2)n[nH]1. The van der Waals surface area contributed by atoms with Crippen molar-refractivity contribution in [3.8, 4) is 17.1 Å². The third-order valence-electron chi connectivity index (χ3n) is 4.53. The van der Waals surface area contributed by atoms with Crippen molar-refractivity contribution in [3.05, 3.63) is 53.6 Å². The highest BCUT2D eigenvalue weighted by atomic mass is 32.2. The first-order valence-corrected chi connectivity index (χ1v) is 10.7. The van der Waals surface area contributed by atoms with Crippen molar-refractivity contribution in [2.45, 2.75) is 25.2 Å². The van der Waals surface area contributed by atoms with Crippen LogP contribution in [0.3, 0.4) is 0 Å². The number of carbonyl (C=O) groups is 1. The van der Waals surface area contributed by atoms with Gasteiger partial charge in [0.1, 0.15) is 5.75 Å². The number of amides is 1. The zero-order valence-corrected chi connectivity index (χ0v) is 17.7. The summed E-state index contributed by atoms with van der Waals surface area (Å²) in [6.45, 7) is 3.70. The van der Waals surface area contributed by atoms with E-state index in [1.54, 1.807) is 25.3 Å². The van der Waals surface area contributed by atoms with Gasteiger partial charge in [0, 0.05) is 13.0 Å². The largest absolute Gasteiger partial charge is 0.496 e. The summed E-state index contributed by atoms with van der Waals surface area (Å²) in [6.07, 6.45) is -0.0669. The van der Waals surface area contributed by atoms with Crippen LogP contribution in [0, 0.1) is 13.8 Å². The van der Waals surface area contributed by atoms with E-state index in [1.807, 2.05) is 32.0 Å². The molecule has 30 heavy (non-hydrogen) atoms. The third kappa shape index (κ3) is 5.02. The second kappa shape index (κ2) is 9.06. The molecular formula is C20H23N5O4S. The van der Waals surface area contributed by atoms with Gasteiger partial charge in [-0.15, -0.1) is 5.10 Å². The quantitative estimate of drug-likeness (QED) is 0.505. The summed E-state index contributed by atoms with van der Waals surface area (Å²) in [5.74, 6) is 0.742. The molecule has 2 aromatic carbocycles. The molecule has 3 rings (SSSR count). The van der Waals surface area contributed by atoms with E-state index in [9.17, 15) is 13.2 Å². The van der Waals surface area contributed by atoms with Crippen molar-refractivity contribution in [2.75, 3.05) is 19.0 Å². The Balaban J connectivity index is 1.56. The van der Waals surface area contributed by atoms with E-state index in [0.29, 0.717) is 17.1 Å². The number of hydrogen-bond acceptors (Lipinski definition) is 6. The van der Waals surface area contributed by atoms with Gasteiger partial charge in [-0.1, -0.05) is 18.2 Å². The molecule has 10 heteroatoms. The molecule has 0 fully saturated rings. The van der Waals surface area contributed by atoms with Crippen LogP contribution < -0.4 is 14.8 Å². The van der Waals surface area contributed by atoms with Gasteiger partial charge in [-0.25, -0.2) is 13.1 Å². The molecule has 1 amide bonds. The number of H-pyrrole nitrogens is 1. The number of ether oxygens (including phenoxy) is 1. The number of anilines is 1. The monoisotopic (exact) mass is 429 g/mol. The number of methoxy groups -OCH3 is 1. The van der Waals surface area contributed by atoms with Crippen LogP contribution in [0.4, 0.5) is 5.95 Å². The minimum absolute atomic E-state index is 0.0507. The summed E-state index contributed by atoms with van der Waals surface area (Å²) >= 11 is 0. The second-order valence-electron chi connectivity index (χ2n) is 6.65. The number of nitrogens with one attached hydrogen (secondary N) is 3. The lowest BCUT2D eigenvalue weighted by Gasteiger charge is -2.08. The lowest BCUT2D eigenvalue weighted by atomic mass is 10.1. The minimum Gasteiger partial charge on any atom is -0.496 e. The number of sulfonamides is 1. The van der Waals surface area contributed by atoms with Gasteiger partial charge in [0.2, 0.25) is 21.9 Å². The van der Waals surface area contributed by atoms with Crippen molar-refractivity contribution >= 4 is 21.9 Å². The first-order valence-electron chi connectivity index (χ1n) is 9.22. The van der Waals surface area contributed by atoms with Crippen LogP contribution in [-0.4, -0.2) is 43.2 Å². The Bertz CT molecular complexity index is 1160. The van der Waals surface area contributed by atoms with Crippen LogP contribution in [-0.2, 0) is 14.8 Å². The molecule has 0 aliphatic carbocycles. The summed E-state index contributed by atoms with van der Waals surface area (Å²) in [4.78, 5) is 16.5. The number of aryl methyl sites for hydroxylation is 2. The van der Waals surface area contributed by atoms with E-state index in [-0.39, 0.29) is 23.8 Å². The number of benzene rings is 2. The maximum Gasteiger partial charge on any atom is 0.249 e. The summed E-state index contributed by atoms with van der Waals surface area (Å²) in [6, 6.07) is 12.2. The number of aromatic nitrogens is 3. The highest BCUT2D eigenvalue weighted by Crippen LogP contribution is 2.27. The summed E-state index contributed by atoms with van der Waals surface area (Å²) in [5.41, 5.74) is 2.59. The Morgan fingerprint density at radius 2 is 1.90 bits per heavy atom. The third-order valence-corrected chi connectivity index (χ3v) is 5.99. The van der Waals surface area contributed by atoms with E-state index < -0.39 is 15.9 Å². The molecule has 158 valence electrons. The second-order valence-corrected chi connectivity index (χ2v) is 8.42. The van der Waals surface area contributed by atoms with Gasteiger partial charge < -0.3 is 4.74 Å². The van der Waals surface area contributed by atoms with Crippen LogP contribution in [0.25, 0.3) is 11.4 Å². The predicted octanol–water partition coefficient (Wildman–Crippen LogP) is 2.40. The molecule has 0 unspecified atom stereocenters. The summed E-state index contributed by atoms with van der Waals surface area (Å²) < 4.78 is 32.5. The molecule has 0 bridgehead atoms. The molecule has 0 atom stereocenters. The molecule has 0 spiro atoms. The lowest BCUT2D eigenvalue weighted by Crippen LogP contribution is -2.28. The summed E-state index contributed by atoms with van der Waals surface area (Å²) in [5, 5.41) is 9.26. The fourth-order valence-corrected chi connectivity index (χ4v) is 3.85. The van der Waals surface area contributed by atoms with Crippen LogP contribution >= 0.6 is 0 Å². The van der Waals surface area contributed by atoms with Crippen LogP contribution in [0.2, 0.25) is 0 Å². The topological polar surface area (TPSA) is 126 Å². The Morgan fingerprint density at radius 1 is 1.13 bits per heavy atom. The molecule has 0 aliphatic heterocycles. The average molecular weight is 430 g/mol. The maximum atomic E-state index is 12.4. The highest BCUT2D eigenvalue weighted by molar-refractivity contribution is 7.89.